The lowest BCUT2D eigenvalue weighted by atomic mass is 10.2. The van der Waals surface area contributed by atoms with E-state index in [1.807, 2.05) is 6.07 Å². The van der Waals surface area contributed by atoms with Crippen LogP contribution in [0.1, 0.15) is 5.69 Å². The van der Waals surface area contributed by atoms with E-state index in [9.17, 15) is 4.79 Å². The molecular formula is C12H10ClN3O. The Labute approximate surface area is 104 Å². The summed E-state index contributed by atoms with van der Waals surface area (Å²) >= 11 is 5.90. The Balaban J connectivity index is 2.01. The summed E-state index contributed by atoms with van der Waals surface area (Å²) in [6.07, 6.45) is 4.95. The highest BCUT2D eigenvalue weighted by atomic mass is 35.5. The lowest BCUT2D eigenvalue weighted by Gasteiger charge is -2.05. The summed E-state index contributed by atoms with van der Waals surface area (Å²) in [5.41, 5.74) is 1.22. The Bertz CT molecular complexity index is 516. The van der Waals surface area contributed by atoms with Crippen LogP contribution < -0.4 is 5.32 Å². The fraction of sp³-hybridized carbons (Fsp3) is 0.0833. The van der Waals surface area contributed by atoms with E-state index in [-0.39, 0.29) is 12.3 Å². The number of carbonyl (C=O) groups is 1. The summed E-state index contributed by atoms with van der Waals surface area (Å²) < 4.78 is 0. The highest BCUT2D eigenvalue weighted by molar-refractivity contribution is 6.33. The van der Waals surface area contributed by atoms with E-state index in [4.69, 9.17) is 11.6 Å². The molecule has 2 aromatic heterocycles. The normalized spacial score (nSPS) is 9.94. The topological polar surface area (TPSA) is 54.9 Å². The average molecular weight is 248 g/mol. The Morgan fingerprint density at radius 3 is 2.88 bits per heavy atom. The molecule has 2 heterocycles. The molecule has 2 rings (SSSR count). The minimum atomic E-state index is -0.168. The van der Waals surface area contributed by atoms with Crippen molar-refractivity contribution in [2.45, 2.75) is 6.42 Å². The molecule has 1 amide bonds. The van der Waals surface area contributed by atoms with Crippen molar-refractivity contribution < 1.29 is 4.79 Å². The summed E-state index contributed by atoms with van der Waals surface area (Å²) in [6.45, 7) is 0. The van der Waals surface area contributed by atoms with Gasteiger partial charge in [0, 0.05) is 18.1 Å². The van der Waals surface area contributed by atoms with Gasteiger partial charge in [-0.1, -0.05) is 17.7 Å². The summed E-state index contributed by atoms with van der Waals surface area (Å²) in [5, 5.41) is 3.15. The zero-order valence-electron chi connectivity index (χ0n) is 8.93. The SMILES string of the molecule is O=C(Cc1ccccn1)Nc1cnccc1Cl. The Hall–Kier alpha value is -1.94. The molecule has 0 saturated heterocycles. The first kappa shape index (κ1) is 11.5. The number of aromatic nitrogens is 2. The number of rotatable bonds is 3. The molecule has 1 N–H and O–H groups in total. The van der Waals surface area contributed by atoms with Crippen molar-refractivity contribution in [3.8, 4) is 0 Å². The molecular weight excluding hydrogens is 238 g/mol. The molecule has 0 fully saturated rings. The number of carbonyl (C=O) groups excluding carboxylic acids is 1. The second-order valence-electron chi connectivity index (χ2n) is 3.40. The molecule has 0 aliphatic rings. The van der Waals surface area contributed by atoms with Gasteiger partial charge in [-0.05, 0) is 18.2 Å². The lowest BCUT2D eigenvalue weighted by molar-refractivity contribution is -0.115. The minimum Gasteiger partial charge on any atom is -0.323 e. The number of amides is 1. The fourth-order valence-electron chi connectivity index (χ4n) is 1.33. The highest BCUT2D eigenvalue weighted by Gasteiger charge is 2.07. The van der Waals surface area contributed by atoms with Crippen LogP contribution in [-0.4, -0.2) is 15.9 Å². The third-order valence-corrected chi connectivity index (χ3v) is 2.44. The van der Waals surface area contributed by atoms with Crippen molar-refractivity contribution >= 4 is 23.2 Å². The lowest BCUT2D eigenvalue weighted by Crippen LogP contribution is -2.15. The number of nitrogens with zero attached hydrogens (tertiary/aromatic N) is 2. The van der Waals surface area contributed by atoms with Crippen LogP contribution in [0.15, 0.2) is 42.9 Å². The Morgan fingerprint density at radius 2 is 2.18 bits per heavy atom. The molecule has 0 aliphatic carbocycles. The molecule has 86 valence electrons. The van der Waals surface area contributed by atoms with Gasteiger partial charge in [0.15, 0.2) is 0 Å². The number of hydrogen-bond acceptors (Lipinski definition) is 3. The van der Waals surface area contributed by atoms with Crippen molar-refractivity contribution in [3.63, 3.8) is 0 Å². The number of anilines is 1. The average Bonchev–Trinajstić information content (AvgIpc) is 2.33. The first-order chi connectivity index (χ1) is 8.25. The number of pyridine rings is 2. The van der Waals surface area contributed by atoms with E-state index in [1.54, 1.807) is 30.6 Å². The number of halogens is 1. The highest BCUT2D eigenvalue weighted by Crippen LogP contribution is 2.19. The first-order valence-electron chi connectivity index (χ1n) is 5.05. The maximum atomic E-state index is 11.7. The third kappa shape index (κ3) is 3.26. The van der Waals surface area contributed by atoms with Crippen LogP contribution in [0.25, 0.3) is 0 Å². The second-order valence-corrected chi connectivity index (χ2v) is 3.81. The monoisotopic (exact) mass is 247 g/mol. The van der Waals surface area contributed by atoms with Crippen molar-refractivity contribution in [1.82, 2.24) is 9.97 Å². The molecule has 0 aliphatic heterocycles. The molecule has 0 saturated carbocycles. The van der Waals surface area contributed by atoms with Gasteiger partial charge in [-0.15, -0.1) is 0 Å². The van der Waals surface area contributed by atoms with E-state index in [1.165, 1.54) is 6.20 Å². The van der Waals surface area contributed by atoms with E-state index in [0.29, 0.717) is 16.4 Å². The summed E-state index contributed by atoms with van der Waals surface area (Å²) in [7, 11) is 0. The van der Waals surface area contributed by atoms with Crippen LogP contribution >= 0.6 is 11.6 Å². The van der Waals surface area contributed by atoms with Crippen LogP contribution in [-0.2, 0) is 11.2 Å². The Kier molecular flexibility index (Phi) is 3.67. The van der Waals surface area contributed by atoms with Crippen LogP contribution in [0.5, 0.6) is 0 Å². The van der Waals surface area contributed by atoms with Crippen molar-refractivity contribution in [1.29, 1.82) is 0 Å². The molecule has 0 aromatic carbocycles. The van der Waals surface area contributed by atoms with Crippen LogP contribution in [0.3, 0.4) is 0 Å². The zero-order valence-corrected chi connectivity index (χ0v) is 9.69. The van der Waals surface area contributed by atoms with E-state index >= 15 is 0 Å². The van der Waals surface area contributed by atoms with Crippen LogP contribution in [0.2, 0.25) is 5.02 Å². The molecule has 0 unspecified atom stereocenters. The van der Waals surface area contributed by atoms with E-state index in [0.717, 1.165) is 0 Å². The van der Waals surface area contributed by atoms with Gasteiger partial charge in [0.25, 0.3) is 0 Å². The molecule has 0 radical (unpaired) electrons. The zero-order chi connectivity index (χ0) is 12.1. The standard InChI is InChI=1S/C12H10ClN3O/c13-10-4-6-14-8-11(10)16-12(17)7-9-3-1-2-5-15-9/h1-6,8H,7H2,(H,16,17). The molecule has 4 nitrogen and oxygen atoms in total. The van der Waals surface area contributed by atoms with Gasteiger partial charge in [0.1, 0.15) is 0 Å². The summed E-state index contributed by atoms with van der Waals surface area (Å²) in [5.74, 6) is -0.168. The molecule has 17 heavy (non-hydrogen) atoms. The minimum absolute atomic E-state index is 0.168. The predicted octanol–water partition coefficient (Wildman–Crippen LogP) is 2.31. The van der Waals surface area contributed by atoms with E-state index in [2.05, 4.69) is 15.3 Å². The Morgan fingerprint density at radius 1 is 1.29 bits per heavy atom. The van der Waals surface area contributed by atoms with Gasteiger partial charge in [-0.25, -0.2) is 0 Å². The van der Waals surface area contributed by atoms with Crippen LogP contribution in [0, 0.1) is 0 Å². The van der Waals surface area contributed by atoms with Crippen LogP contribution in [0.4, 0.5) is 5.69 Å². The molecule has 0 bridgehead atoms. The van der Waals surface area contributed by atoms with Gasteiger partial charge in [0.05, 0.1) is 23.3 Å². The quantitative estimate of drug-likeness (QED) is 0.906. The largest absolute Gasteiger partial charge is 0.323 e. The predicted molar refractivity (Wildman–Crippen MR) is 65.8 cm³/mol. The van der Waals surface area contributed by atoms with Gasteiger partial charge in [0.2, 0.25) is 5.91 Å². The molecule has 0 spiro atoms. The van der Waals surface area contributed by atoms with Gasteiger partial charge >= 0.3 is 0 Å². The van der Waals surface area contributed by atoms with Gasteiger partial charge in [-0.3, -0.25) is 14.8 Å². The van der Waals surface area contributed by atoms with Gasteiger partial charge in [-0.2, -0.15) is 0 Å². The molecule has 0 atom stereocenters. The first-order valence-corrected chi connectivity index (χ1v) is 5.43. The van der Waals surface area contributed by atoms with Crippen molar-refractivity contribution in [2.75, 3.05) is 5.32 Å². The second kappa shape index (κ2) is 5.41. The van der Waals surface area contributed by atoms with E-state index < -0.39 is 0 Å². The van der Waals surface area contributed by atoms with Gasteiger partial charge < -0.3 is 5.32 Å². The summed E-state index contributed by atoms with van der Waals surface area (Å²) in [4.78, 5) is 19.7. The van der Waals surface area contributed by atoms with Crippen molar-refractivity contribution in [2.24, 2.45) is 0 Å². The number of nitrogens with one attached hydrogen (secondary N) is 1. The third-order valence-electron chi connectivity index (χ3n) is 2.11. The van der Waals surface area contributed by atoms with Crippen molar-refractivity contribution in [3.05, 3.63) is 53.6 Å². The number of hydrogen-bond donors (Lipinski definition) is 1. The maximum Gasteiger partial charge on any atom is 0.230 e. The smallest absolute Gasteiger partial charge is 0.230 e. The fourth-order valence-corrected chi connectivity index (χ4v) is 1.48. The molecule has 2 aromatic rings. The summed E-state index contributed by atoms with van der Waals surface area (Å²) in [6, 6.07) is 7.06. The molecule has 5 heteroatoms. The maximum absolute atomic E-state index is 11.7.